The summed E-state index contributed by atoms with van der Waals surface area (Å²) in [6.07, 6.45) is 0. The predicted molar refractivity (Wildman–Crippen MR) is 68.4 cm³/mol. The first kappa shape index (κ1) is 11.8. The monoisotopic (exact) mass is 241 g/mol. The van der Waals surface area contributed by atoms with E-state index in [1.54, 1.807) is 36.4 Å². The molecular formula is C13H11N3O2. The molecule has 2 aromatic carbocycles. The Balaban J connectivity index is 2.13. The average Bonchev–Trinajstić information content (AvgIpc) is 2.38. The van der Waals surface area contributed by atoms with Gasteiger partial charge in [0.05, 0.1) is 16.9 Å². The van der Waals surface area contributed by atoms with Gasteiger partial charge in [0, 0.05) is 5.69 Å². The Morgan fingerprint density at radius 2 is 1.33 bits per heavy atom. The van der Waals surface area contributed by atoms with Crippen molar-refractivity contribution >= 4 is 23.0 Å². The molecule has 0 atom stereocenters. The van der Waals surface area contributed by atoms with E-state index >= 15 is 0 Å². The molecular weight excluding hydrogens is 230 g/mol. The standard InChI is InChI=1S/C13H11N3O2/c14-10-3-7-12(8-4-10)16-15-11-5-1-9(2-6-11)13(17)18/h1-8H,14H2,(H,17,18)/b16-15+. The van der Waals surface area contributed by atoms with Gasteiger partial charge in [0.1, 0.15) is 0 Å². The van der Waals surface area contributed by atoms with Crippen LogP contribution in [0.5, 0.6) is 0 Å². The van der Waals surface area contributed by atoms with E-state index in [1.807, 2.05) is 0 Å². The molecule has 0 radical (unpaired) electrons. The number of carboxylic acids is 1. The number of carbonyl (C=O) groups is 1. The van der Waals surface area contributed by atoms with E-state index in [2.05, 4.69) is 10.2 Å². The van der Waals surface area contributed by atoms with Crippen molar-refractivity contribution < 1.29 is 9.90 Å². The van der Waals surface area contributed by atoms with Gasteiger partial charge in [0.25, 0.3) is 0 Å². The lowest BCUT2D eigenvalue weighted by molar-refractivity contribution is 0.0697. The van der Waals surface area contributed by atoms with Crippen molar-refractivity contribution in [2.75, 3.05) is 5.73 Å². The third kappa shape index (κ3) is 2.91. The van der Waals surface area contributed by atoms with Gasteiger partial charge < -0.3 is 10.8 Å². The van der Waals surface area contributed by atoms with Crippen molar-refractivity contribution in [3.63, 3.8) is 0 Å². The van der Waals surface area contributed by atoms with Gasteiger partial charge in [0.15, 0.2) is 0 Å². The van der Waals surface area contributed by atoms with Gasteiger partial charge in [-0.3, -0.25) is 0 Å². The highest BCUT2D eigenvalue weighted by Gasteiger charge is 2.00. The lowest BCUT2D eigenvalue weighted by atomic mass is 10.2. The highest BCUT2D eigenvalue weighted by molar-refractivity contribution is 5.87. The van der Waals surface area contributed by atoms with E-state index in [-0.39, 0.29) is 5.56 Å². The second-order valence-corrected chi connectivity index (χ2v) is 3.64. The summed E-state index contributed by atoms with van der Waals surface area (Å²) in [5.41, 5.74) is 7.72. The van der Waals surface area contributed by atoms with Crippen LogP contribution in [0.3, 0.4) is 0 Å². The van der Waals surface area contributed by atoms with Crippen LogP contribution in [0, 0.1) is 0 Å². The molecule has 5 nitrogen and oxygen atoms in total. The maximum Gasteiger partial charge on any atom is 0.335 e. The summed E-state index contributed by atoms with van der Waals surface area (Å²) < 4.78 is 0. The number of anilines is 1. The number of aromatic carboxylic acids is 1. The number of rotatable bonds is 3. The summed E-state index contributed by atoms with van der Waals surface area (Å²) in [5.74, 6) is -0.961. The first-order valence-electron chi connectivity index (χ1n) is 5.26. The first-order valence-corrected chi connectivity index (χ1v) is 5.26. The molecule has 3 N–H and O–H groups in total. The van der Waals surface area contributed by atoms with E-state index in [9.17, 15) is 4.79 Å². The normalized spacial score (nSPS) is 10.7. The van der Waals surface area contributed by atoms with Crippen molar-refractivity contribution in [2.24, 2.45) is 10.2 Å². The fourth-order valence-corrected chi connectivity index (χ4v) is 1.33. The van der Waals surface area contributed by atoms with Crippen molar-refractivity contribution in [1.29, 1.82) is 0 Å². The molecule has 0 heterocycles. The number of nitrogens with zero attached hydrogens (tertiary/aromatic N) is 2. The van der Waals surface area contributed by atoms with Crippen molar-refractivity contribution in [1.82, 2.24) is 0 Å². The van der Waals surface area contributed by atoms with E-state index < -0.39 is 5.97 Å². The second-order valence-electron chi connectivity index (χ2n) is 3.64. The van der Waals surface area contributed by atoms with E-state index in [0.29, 0.717) is 17.1 Å². The number of carboxylic acid groups (broad SMARTS) is 1. The molecule has 0 unspecified atom stereocenters. The molecule has 18 heavy (non-hydrogen) atoms. The number of nitrogens with two attached hydrogens (primary N) is 1. The third-order valence-corrected chi connectivity index (χ3v) is 2.29. The smallest absolute Gasteiger partial charge is 0.335 e. The minimum Gasteiger partial charge on any atom is -0.478 e. The van der Waals surface area contributed by atoms with Gasteiger partial charge >= 0.3 is 5.97 Å². The van der Waals surface area contributed by atoms with Gasteiger partial charge in [-0.05, 0) is 48.5 Å². The van der Waals surface area contributed by atoms with Crippen LogP contribution >= 0.6 is 0 Å². The zero-order valence-electron chi connectivity index (χ0n) is 9.45. The van der Waals surface area contributed by atoms with Crippen LogP contribution in [0.4, 0.5) is 17.1 Å². The minimum atomic E-state index is -0.961. The van der Waals surface area contributed by atoms with E-state index in [1.165, 1.54) is 12.1 Å². The van der Waals surface area contributed by atoms with Gasteiger partial charge in [-0.2, -0.15) is 10.2 Å². The summed E-state index contributed by atoms with van der Waals surface area (Å²) in [5, 5.41) is 16.8. The van der Waals surface area contributed by atoms with Crippen molar-refractivity contribution in [3.8, 4) is 0 Å². The van der Waals surface area contributed by atoms with Crippen LogP contribution in [0.2, 0.25) is 0 Å². The molecule has 90 valence electrons. The van der Waals surface area contributed by atoms with Gasteiger partial charge in [-0.25, -0.2) is 4.79 Å². The number of benzene rings is 2. The molecule has 2 rings (SSSR count). The quantitative estimate of drug-likeness (QED) is 0.637. The zero-order chi connectivity index (χ0) is 13.0. The molecule has 0 saturated carbocycles. The topological polar surface area (TPSA) is 88.0 Å². The number of azo groups is 1. The predicted octanol–water partition coefficient (Wildman–Crippen LogP) is 3.38. The molecule has 0 aliphatic carbocycles. The molecule has 2 aromatic rings. The van der Waals surface area contributed by atoms with Crippen molar-refractivity contribution in [3.05, 3.63) is 54.1 Å². The molecule has 0 aliphatic rings. The van der Waals surface area contributed by atoms with Crippen LogP contribution in [0.15, 0.2) is 58.8 Å². The summed E-state index contributed by atoms with van der Waals surface area (Å²) in [6, 6.07) is 13.2. The molecule has 0 aliphatic heterocycles. The molecule has 0 fully saturated rings. The number of hydrogen-bond acceptors (Lipinski definition) is 4. The summed E-state index contributed by atoms with van der Waals surface area (Å²) in [7, 11) is 0. The third-order valence-electron chi connectivity index (χ3n) is 2.29. The first-order chi connectivity index (χ1) is 8.65. The molecule has 5 heteroatoms. The number of nitrogen functional groups attached to an aromatic ring is 1. The Labute approximate surface area is 104 Å². The SMILES string of the molecule is Nc1ccc(/N=N/c2ccc(C(=O)O)cc2)cc1. The lowest BCUT2D eigenvalue weighted by Crippen LogP contribution is -1.93. The number of hydrogen-bond donors (Lipinski definition) is 2. The lowest BCUT2D eigenvalue weighted by Gasteiger charge is -1.96. The van der Waals surface area contributed by atoms with Crippen LogP contribution in [0.1, 0.15) is 10.4 Å². The van der Waals surface area contributed by atoms with Crippen LogP contribution < -0.4 is 5.73 Å². The highest BCUT2D eigenvalue weighted by Crippen LogP contribution is 2.19. The Morgan fingerprint density at radius 1 is 0.889 bits per heavy atom. The maximum absolute atomic E-state index is 10.7. The Kier molecular flexibility index (Phi) is 3.33. The van der Waals surface area contributed by atoms with Crippen molar-refractivity contribution in [2.45, 2.75) is 0 Å². The van der Waals surface area contributed by atoms with Gasteiger partial charge in [-0.15, -0.1) is 0 Å². The van der Waals surface area contributed by atoms with E-state index in [0.717, 1.165) is 0 Å². The van der Waals surface area contributed by atoms with Crippen LogP contribution in [-0.2, 0) is 0 Å². The summed E-state index contributed by atoms with van der Waals surface area (Å²) in [6.45, 7) is 0. The fraction of sp³-hybridized carbons (Fsp3) is 0. The maximum atomic E-state index is 10.7. The van der Waals surface area contributed by atoms with Gasteiger partial charge in [0.2, 0.25) is 0 Å². The van der Waals surface area contributed by atoms with Gasteiger partial charge in [-0.1, -0.05) is 0 Å². The minimum absolute atomic E-state index is 0.224. The zero-order valence-corrected chi connectivity index (χ0v) is 9.45. The summed E-state index contributed by atoms with van der Waals surface area (Å²) >= 11 is 0. The Bertz CT molecular complexity index is 574. The molecule has 0 saturated heterocycles. The molecule has 0 bridgehead atoms. The summed E-state index contributed by atoms with van der Waals surface area (Å²) in [4.78, 5) is 10.7. The molecule has 0 amide bonds. The fourth-order valence-electron chi connectivity index (χ4n) is 1.33. The highest BCUT2D eigenvalue weighted by atomic mass is 16.4. The van der Waals surface area contributed by atoms with Crippen LogP contribution in [-0.4, -0.2) is 11.1 Å². The molecule has 0 spiro atoms. The molecule has 0 aromatic heterocycles. The van der Waals surface area contributed by atoms with E-state index in [4.69, 9.17) is 10.8 Å². The largest absolute Gasteiger partial charge is 0.478 e. The second kappa shape index (κ2) is 5.09. The Morgan fingerprint density at radius 3 is 1.78 bits per heavy atom. The average molecular weight is 241 g/mol. The Hall–Kier alpha value is -2.69. The van der Waals surface area contributed by atoms with Crippen LogP contribution in [0.25, 0.3) is 0 Å².